The van der Waals surface area contributed by atoms with Crippen LogP contribution in [0.2, 0.25) is 0 Å². The first-order valence-electron chi connectivity index (χ1n) is 4.63. The van der Waals surface area contributed by atoms with Crippen molar-refractivity contribution in [3.05, 3.63) is 0 Å². The van der Waals surface area contributed by atoms with E-state index in [0.717, 1.165) is 29.1 Å². The Morgan fingerprint density at radius 3 is 2.10 bits per heavy atom. The summed E-state index contributed by atoms with van der Waals surface area (Å²) in [6, 6.07) is 0. The molecule has 0 nitrogen and oxygen atoms in total. The van der Waals surface area contributed by atoms with Gasteiger partial charge in [0.2, 0.25) is 0 Å². The maximum absolute atomic E-state index is 2.47. The second kappa shape index (κ2) is 1.60. The Morgan fingerprint density at radius 1 is 1.30 bits per heavy atom. The predicted octanol–water partition coefficient (Wildman–Crippen LogP) is 2.93. The van der Waals surface area contributed by atoms with Gasteiger partial charge in [0.1, 0.15) is 0 Å². The van der Waals surface area contributed by atoms with Gasteiger partial charge >= 0.3 is 0 Å². The molecule has 58 valence electrons. The summed E-state index contributed by atoms with van der Waals surface area (Å²) in [4.78, 5) is 0. The van der Waals surface area contributed by atoms with E-state index in [-0.39, 0.29) is 0 Å². The van der Waals surface area contributed by atoms with Crippen molar-refractivity contribution in [1.29, 1.82) is 0 Å². The van der Waals surface area contributed by atoms with Gasteiger partial charge < -0.3 is 0 Å². The predicted molar refractivity (Wildman–Crippen MR) is 43.7 cm³/mol. The highest BCUT2D eigenvalue weighted by molar-refractivity contribution is 5.17. The molecule has 0 aromatic heterocycles. The van der Waals surface area contributed by atoms with Gasteiger partial charge in [-0.3, -0.25) is 0 Å². The smallest absolute Gasteiger partial charge is 0.0266 e. The van der Waals surface area contributed by atoms with Gasteiger partial charge in [-0.2, -0.15) is 0 Å². The van der Waals surface area contributed by atoms with Gasteiger partial charge in [-0.05, 0) is 29.1 Å². The van der Waals surface area contributed by atoms with E-state index >= 15 is 0 Å². The Kier molecular flexibility index (Phi) is 1.07. The Bertz CT molecular complexity index is 153. The van der Waals surface area contributed by atoms with Crippen LogP contribution in [0.15, 0.2) is 0 Å². The van der Waals surface area contributed by atoms with Gasteiger partial charge in [0.25, 0.3) is 0 Å². The standard InChI is InChI=1S/C10H18/c1-5-10(4)7(3)8-6(2)9(8)10/h6-9H,5H2,1-4H3. The largest absolute Gasteiger partial charge is 0.0648 e. The Hall–Kier alpha value is 0. The van der Waals surface area contributed by atoms with Gasteiger partial charge in [0.05, 0.1) is 0 Å². The maximum Gasteiger partial charge on any atom is -0.0266 e. The normalized spacial score (nSPS) is 64.8. The molecule has 5 unspecified atom stereocenters. The highest BCUT2D eigenvalue weighted by atomic mass is 14.7. The zero-order valence-electron chi connectivity index (χ0n) is 7.52. The molecule has 2 saturated carbocycles. The van der Waals surface area contributed by atoms with Gasteiger partial charge in [0.15, 0.2) is 0 Å². The molecule has 0 spiro atoms. The summed E-state index contributed by atoms with van der Waals surface area (Å²) in [5.74, 6) is 4.29. The molecule has 0 aromatic rings. The Labute approximate surface area is 64.0 Å². The first-order valence-corrected chi connectivity index (χ1v) is 4.63. The van der Waals surface area contributed by atoms with E-state index in [1.165, 1.54) is 6.42 Å². The van der Waals surface area contributed by atoms with Gasteiger partial charge in [0, 0.05) is 0 Å². The second-order valence-electron chi connectivity index (χ2n) is 4.61. The molecule has 0 radical (unpaired) electrons. The fourth-order valence-corrected chi connectivity index (χ4v) is 3.48. The molecule has 0 aromatic carbocycles. The zero-order valence-corrected chi connectivity index (χ0v) is 7.52. The molecule has 2 rings (SSSR count). The lowest BCUT2D eigenvalue weighted by molar-refractivity contribution is 0.0418. The molecule has 0 heterocycles. The SMILES string of the molecule is CCC1(C)C(C)C2C(C)C21. The average Bonchev–Trinajstić information content (AvgIpc) is 2.57. The minimum absolute atomic E-state index is 0.726. The van der Waals surface area contributed by atoms with Crippen molar-refractivity contribution in [2.45, 2.75) is 34.1 Å². The summed E-state index contributed by atoms with van der Waals surface area (Å²) >= 11 is 0. The van der Waals surface area contributed by atoms with Crippen LogP contribution in [0.1, 0.15) is 34.1 Å². The van der Waals surface area contributed by atoms with Crippen molar-refractivity contribution in [3.63, 3.8) is 0 Å². The van der Waals surface area contributed by atoms with Crippen molar-refractivity contribution in [1.82, 2.24) is 0 Å². The fraction of sp³-hybridized carbons (Fsp3) is 1.00. The summed E-state index contributed by atoms with van der Waals surface area (Å²) in [5, 5.41) is 0. The van der Waals surface area contributed by atoms with E-state index in [1.54, 1.807) is 0 Å². The lowest BCUT2D eigenvalue weighted by Crippen LogP contribution is -2.38. The van der Waals surface area contributed by atoms with Crippen LogP contribution >= 0.6 is 0 Å². The molecule has 2 fully saturated rings. The number of hydrogen-bond donors (Lipinski definition) is 0. The molecule has 10 heavy (non-hydrogen) atoms. The van der Waals surface area contributed by atoms with E-state index in [1.807, 2.05) is 0 Å². The molecule has 5 atom stereocenters. The molecule has 0 amide bonds. The summed E-state index contributed by atoms with van der Waals surface area (Å²) in [6.45, 7) is 9.68. The lowest BCUT2D eigenvalue weighted by Gasteiger charge is -2.44. The topological polar surface area (TPSA) is 0 Å². The van der Waals surface area contributed by atoms with E-state index in [2.05, 4.69) is 27.7 Å². The third kappa shape index (κ3) is 0.466. The monoisotopic (exact) mass is 138 g/mol. The van der Waals surface area contributed by atoms with Crippen LogP contribution in [0.3, 0.4) is 0 Å². The average molecular weight is 138 g/mol. The van der Waals surface area contributed by atoms with Crippen LogP contribution in [-0.2, 0) is 0 Å². The molecule has 2 aliphatic rings. The molecule has 0 bridgehead atoms. The highest BCUT2D eigenvalue weighted by Gasteiger charge is 2.70. The van der Waals surface area contributed by atoms with Crippen molar-refractivity contribution in [2.75, 3.05) is 0 Å². The number of hydrogen-bond acceptors (Lipinski definition) is 0. The number of rotatable bonds is 1. The van der Waals surface area contributed by atoms with Crippen molar-refractivity contribution >= 4 is 0 Å². The van der Waals surface area contributed by atoms with E-state index in [4.69, 9.17) is 0 Å². The third-order valence-corrected chi connectivity index (χ3v) is 4.59. The summed E-state index contributed by atoms with van der Waals surface area (Å²) in [7, 11) is 0. The van der Waals surface area contributed by atoms with Crippen LogP contribution in [0.4, 0.5) is 0 Å². The first-order chi connectivity index (χ1) is 4.63. The van der Waals surface area contributed by atoms with Crippen molar-refractivity contribution in [2.24, 2.45) is 29.1 Å². The second-order valence-corrected chi connectivity index (χ2v) is 4.61. The van der Waals surface area contributed by atoms with Gasteiger partial charge in [-0.1, -0.05) is 34.1 Å². The molecule has 0 saturated heterocycles. The maximum atomic E-state index is 2.47. The quantitative estimate of drug-likeness (QED) is 0.522. The highest BCUT2D eigenvalue weighted by Crippen LogP contribution is 2.75. The minimum atomic E-state index is 0.726. The van der Waals surface area contributed by atoms with E-state index in [0.29, 0.717) is 0 Å². The summed E-state index contributed by atoms with van der Waals surface area (Å²) < 4.78 is 0. The Morgan fingerprint density at radius 2 is 1.90 bits per heavy atom. The van der Waals surface area contributed by atoms with E-state index in [9.17, 15) is 0 Å². The summed E-state index contributed by atoms with van der Waals surface area (Å²) in [6.07, 6.45) is 1.39. The van der Waals surface area contributed by atoms with Crippen LogP contribution < -0.4 is 0 Å². The molecule has 0 N–H and O–H groups in total. The van der Waals surface area contributed by atoms with Crippen molar-refractivity contribution < 1.29 is 0 Å². The summed E-state index contributed by atoms with van der Waals surface area (Å²) in [5.41, 5.74) is 0.726. The third-order valence-electron chi connectivity index (χ3n) is 4.59. The van der Waals surface area contributed by atoms with Crippen LogP contribution in [0.5, 0.6) is 0 Å². The molecular weight excluding hydrogens is 120 g/mol. The van der Waals surface area contributed by atoms with Gasteiger partial charge in [-0.25, -0.2) is 0 Å². The Balaban J connectivity index is 2.14. The van der Waals surface area contributed by atoms with Crippen LogP contribution in [0, 0.1) is 29.1 Å². The zero-order chi connectivity index (χ0) is 7.52. The number of fused-ring (bicyclic) bond motifs is 1. The molecular formula is C10H18. The van der Waals surface area contributed by atoms with Gasteiger partial charge in [-0.15, -0.1) is 0 Å². The molecule has 0 heteroatoms. The van der Waals surface area contributed by atoms with Crippen LogP contribution in [-0.4, -0.2) is 0 Å². The lowest BCUT2D eigenvalue weighted by atomic mass is 9.61. The first kappa shape index (κ1) is 6.69. The minimum Gasteiger partial charge on any atom is -0.0648 e. The fourth-order valence-electron chi connectivity index (χ4n) is 3.48. The molecule has 0 aliphatic heterocycles. The molecule has 2 aliphatic carbocycles. The van der Waals surface area contributed by atoms with E-state index < -0.39 is 0 Å². The van der Waals surface area contributed by atoms with Crippen molar-refractivity contribution in [3.8, 4) is 0 Å². The van der Waals surface area contributed by atoms with Crippen LogP contribution in [0.25, 0.3) is 0 Å².